The predicted molar refractivity (Wildman–Crippen MR) is 131 cm³/mol. The molecule has 1 aromatic heterocycles. The molecule has 1 atom stereocenters. The van der Waals surface area contributed by atoms with Crippen LogP contribution in [0.15, 0.2) is 36.4 Å². The van der Waals surface area contributed by atoms with Crippen molar-refractivity contribution < 1.29 is 31.5 Å². The second-order valence-corrected chi connectivity index (χ2v) is 11.4. The van der Waals surface area contributed by atoms with E-state index in [0.717, 1.165) is 35.3 Å². The highest BCUT2D eigenvalue weighted by molar-refractivity contribution is 7.91. The summed E-state index contributed by atoms with van der Waals surface area (Å²) in [5.74, 6) is -3.71. The maximum absolute atomic E-state index is 14.1. The van der Waals surface area contributed by atoms with Crippen LogP contribution in [0.4, 0.5) is 14.5 Å². The molecular formula is C25H24F2N4O5S. The van der Waals surface area contributed by atoms with Gasteiger partial charge in [-0.05, 0) is 61.2 Å². The van der Waals surface area contributed by atoms with Crippen LogP contribution in [0.3, 0.4) is 0 Å². The number of sulfone groups is 1. The lowest BCUT2D eigenvalue weighted by molar-refractivity contribution is -0.113. The monoisotopic (exact) mass is 530 g/mol. The molecule has 1 aliphatic carbocycles. The average Bonchev–Trinajstić information content (AvgIpc) is 3.33. The zero-order chi connectivity index (χ0) is 26.5. The van der Waals surface area contributed by atoms with Gasteiger partial charge in [-0.25, -0.2) is 17.2 Å². The highest BCUT2D eigenvalue weighted by atomic mass is 32.2. The number of benzene rings is 2. The zero-order valence-electron chi connectivity index (χ0n) is 20.1. The first-order chi connectivity index (χ1) is 17.5. The van der Waals surface area contributed by atoms with Gasteiger partial charge in [-0.2, -0.15) is 5.10 Å². The van der Waals surface area contributed by atoms with Crippen molar-refractivity contribution in [1.29, 1.82) is 0 Å². The van der Waals surface area contributed by atoms with Crippen LogP contribution in [0.2, 0.25) is 0 Å². The molecule has 0 radical (unpaired) electrons. The Morgan fingerprint density at radius 3 is 2.70 bits per heavy atom. The molecule has 37 heavy (non-hydrogen) atoms. The number of hydrogen-bond donors (Lipinski definition) is 2. The van der Waals surface area contributed by atoms with Crippen molar-refractivity contribution in [3.8, 4) is 17.0 Å². The van der Waals surface area contributed by atoms with Gasteiger partial charge in [-0.3, -0.25) is 14.3 Å². The second-order valence-electron chi connectivity index (χ2n) is 9.27. The number of halogens is 2. The Hall–Kier alpha value is -3.80. The normalized spacial score (nSPS) is 18.3. The van der Waals surface area contributed by atoms with Gasteiger partial charge in [0.05, 0.1) is 18.7 Å². The van der Waals surface area contributed by atoms with Crippen molar-refractivity contribution in [3.05, 3.63) is 64.9 Å². The third-order valence-corrected chi connectivity index (χ3v) is 7.30. The Morgan fingerprint density at radius 1 is 1.22 bits per heavy atom. The Kier molecular flexibility index (Phi) is 6.01. The molecule has 2 aliphatic rings. The lowest BCUT2D eigenvalue weighted by atomic mass is 9.89. The molecule has 1 aliphatic heterocycles. The first kappa shape index (κ1) is 24.9. The number of amides is 2. The molecule has 1 spiro atoms. The minimum Gasteiger partial charge on any atom is -0.494 e. The highest BCUT2D eigenvalue weighted by Crippen LogP contribution is 2.44. The van der Waals surface area contributed by atoms with E-state index in [2.05, 4.69) is 15.7 Å². The van der Waals surface area contributed by atoms with Gasteiger partial charge in [0.2, 0.25) is 5.91 Å². The van der Waals surface area contributed by atoms with E-state index in [9.17, 15) is 26.8 Å². The number of anilines is 1. The molecule has 194 valence electrons. The number of nitrogens with zero attached hydrogens (tertiary/aromatic N) is 2. The van der Waals surface area contributed by atoms with Gasteiger partial charge < -0.3 is 15.4 Å². The SMILES string of the molecule is CCOc1ccc2c(c1)CC[C@]21Cn2nc(-c3ccc(F)c(F)c3)c(NC(=O)CS(C)(=O)=O)c2C(=O)N1. The van der Waals surface area contributed by atoms with E-state index in [4.69, 9.17) is 4.74 Å². The Balaban J connectivity index is 1.59. The van der Waals surface area contributed by atoms with Gasteiger partial charge in [-0.1, -0.05) is 6.07 Å². The number of nitrogens with one attached hydrogen (secondary N) is 2. The van der Waals surface area contributed by atoms with Gasteiger partial charge in [0.1, 0.15) is 22.9 Å². The molecule has 0 saturated carbocycles. The standard InChI is InChI=1S/C25H24F2N4O5S/c1-3-36-16-5-6-17-14(10-16)8-9-25(17)13-31-23(24(33)29-25)22(28-20(32)12-37(2,34)35)21(30-31)15-4-7-18(26)19(27)11-15/h4-7,10-11H,3,8-9,12-13H2,1-2H3,(H,28,32)(H,29,33)/t25-/m0/s1. The molecule has 2 amide bonds. The fraction of sp³-hybridized carbons (Fsp3) is 0.320. The summed E-state index contributed by atoms with van der Waals surface area (Å²) in [6, 6.07) is 8.78. The van der Waals surface area contributed by atoms with Gasteiger partial charge in [0.15, 0.2) is 27.2 Å². The van der Waals surface area contributed by atoms with Crippen molar-refractivity contribution in [2.45, 2.75) is 31.8 Å². The van der Waals surface area contributed by atoms with Crippen LogP contribution in [0.1, 0.15) is 35.0 Å². The molecule has 12 heteroatoms. The molecule has 2 heterocycles. The second kappa shape index (κ2) is 8.94. The van der Waals surface area contributed by atoms with E-state index >= 15 is 0 Å². The number of fused-ring (bicyclic) bond motifs is 3. The average molecular weight is 531 g/mol. The number of aromatic nitrogens is 2. The molecule has 2 aromatic carbocycles. The topological polar surface area (TPSA) is 119 Å². The number of hydrogen-bond acceptors (Lipinski definition) is 6. The molecule has 0 unspecified atom stereocenters. The summed E-state index contributed by atoms with van der Waals surface area (Å²) in [4.78, 5) is 26.0. The summed E-state index contributed by atoms with van der Waals surface area (Å²) in [5.41, 5.74) is 1.24. The van der Waals surface area contributed by atoms with Crippen molar-refractivity contribution in [1.82, 2.24) is 15.1 Å². The fourth-order valence-electron chi connectivity index (χ4n) is 5.03. The Bertz CT molecular complexity index is 1550. The summed E-state index contributed by atoms with van der Waals surface area (Å²) in [7, 11) is -3.67. The molecular weight excluding hydrogens is 506 g/mol. The molecule has 0 saturated heterocycles. The van der Waals surface area contributed by atoms with Crippen LogP contribution in [0.25, 0.3) is 11.3 Å². The molecule has 3 aromatic rings. The van der Waals surface area contributed by atoms with Crippen LogP contribution in [-0.4, -0.2) is 48.6 Å². The minimum atomic E-state index is -3.67. The van der Waals surface area contributed by atoms with Gasteiger partial charge in [0.25, 0.3) is 5.91 Å². The van der Waals surface area contributed by atoms with Crippen molar-refractivity contribution in [2.24, 2.45) is 0 Å². The summed E-state index contributed by atoms with van der Waals surface area (Å²) in [5, 5.41) is 10.0. The largest absolute Gasteiger partial charge is 0.494 e. The van der Waals surface area contributed by atoms with E-state index in [1.165, 1.54) is 10.7 Å². The number of ether oxygens (including phenoxy) is 1. The molecule has 2 N–H and O–H groups in total. The van der Waals surface area contributed by atoms with Crippen LogP contribution < -0.4 is 15.4 Å². The molecule has 0 bridgehead atoms. The lowest BCUT2D eigenvalue weighted by Crippen LogP contribution is -2.52. The Morgan fingerprint density at radius 2 is 2.00 bits per heavy atom. The highest BCUT2D eigenvalue weighted by Gasteiger charge is 2.46. The van der Waals surface area contributed by atoms with Crippen molar-refractivity contribution >= 4 is 27.3 Å². The van der Waals surface area contributed by atoms with Crippen LogP contribution in [0, 0.1) is 11.6 Å². The van der Waals surface area contributed by atoms with E-state index in [0.29, 0.717) is 19.4 Å². The Labute approximate surface area is 211 Å². The minimum absolute atomic E-state index is 0.00778. The molecule has 0 fully saturated rings. The van der Waals surface area contributed by atoms with E-state index in [1.54, 1.807) is 0 Å². The zero-order valence-corrected chi connectivity index (χ0v) is 20.9. The predicted octanol–water partition coefficient (Wildman–Crippen LogP) is 2.80. The molecule has 5 rings (SSSR count). The third kappa shape index (κ3) is 4.57. The summed E-state index contributed by atoms with van der Waals surface area (Å²) in [6.07, 6.45) is 2.20. The number of carbonyl (C=O) groups is 2. The summed E-state index contributed by atoms with van der Waals surface area (Å²) in [6.45, 7) is 2.64. The summed E-state index contributed by atoms with van der Waals surface area (Å²) >= 11 is 0. The number of carbonyl (C=O) groups excluding carboxylic acids is 2. The number of rotatable bonds is 6. The first-order valence-electron chi connectivity index (χ1n) is 11.6. The van der Waals surface area contributed by atoms with Crippen LogP contribution in [-0.2, 0) is 33.1 Å². The van der Waals surface area contributed by atoms with Crippen LogP contribution >= 0.6 is 0 Å². The molecule has 9 nitrogen and oxygen atoms in total. The van der Waals surface area contributed by atoms with Crippen molar-refractivity contribution in [3.63, 3.8) is 0 Å². The number of aryl methyl sites for hydroxylation is 1. The summed E-state index contributed by atoms with van der Waals surface area (Å²) < 4.78 is 58.0. The van der Waals surface area contributed by atoms with E-state index < -0.39 is 44.6 Å². The quantitative estimate of drug-likeness (QED) is 0.506. The van der Waals surface area contributed by atoms with Crippen molar-refractivity contribution in [2.75, 3.05) is 23.9 Å². The smallest absolute Gasteiger partial charge is 0.272 e. The van der Waals surface area contributed by atoms with Crippen LogP contribution in [0.5, 0.6) is 5.75 Å². The maximum Gasteiger partial charge on any atom is 0.272 e. The van der Waals surface area contributed by atoms with Gasteiger partial charge >= 0.3 is 0 Å². The fourth-order valence-corrected chi connectivity index (χ4v) is 5.58. The lowest BCUT2D eigenvalue weighted by Gasteiger charge is -2.36. The van der Waals surface area contributed by atoms with E-state index in [1.807, 2.05) is 25.1 Å². The van der Waals surface area contributed by atoms with Gasteiger partial charge in [-0.15, -0.1) is 0 Å². The third-order valence-electron chi connectivity index (χ3n) is 6.52. The maximum atomic E-state index is 14.1. The first-order valence-corrected chi connectivity index (χ1v) is 13.7. The van der Waals surface area contributed by atoms with E-state index in [-0.39, 0.29) is 29.2 Å². The van der Waals surface area contributed by atoms with Gasteiger partial charge in [0, 0.05) is 11.8 Å².